The van der Waals surface area contributed by atoms with Crippen molar-refractivity contribution in [3.63, 3.8) is 0 Å². The van der Waals surface area contributed by atoms with E-state index in [0.29, 0.717) is 5.69 Å². The lowest BCUT2D eigenvalue weighted by Crippen LogP contribution is -2.07. The van der Waals surface area contributed by atoms with E-state index in [4.69, 9.17) is 10.5 Å². The van der Waals surface area contributed by atoms with Crippen LogP contribution in [0.25, 0.3) is 11.1 Å². The van der Waals surface area contributed by atoms with Crippen LogP contribution in [0.4, 0.5) is 5.69 Å². The third-order valence-corrected chi connectivity index (χ3v) is 3.18. The van der Waals surface area contributed by atoms with Crippen LogP contribution >= 0.6 is 0 Å². The molecule has 18 heavy (non-hydrogen) atoms. The SMILES string of the molecule is CC(=O)O[C@@H]1c2ccccc2-c2ccc(N)cc21. The minimum Gasteiger partial charge on any atom is -0.453 e. The summed E-state index contributed by atoms with van der Waals surface area (Å²) in [5.74, 6) is -0.287. The van der Waals surface area contributed by atoms with Crippen molar-refractivity contribution in [2.45, 2.75) is 13.0 Å². The van der Waals surface area contributed by atoms with Gasteiger partial charge in [0, 0.05) is 23.7 Å². The first-order valence-electron chi connectivity index (χ1n) is 5.83. The lowest BCUT2D eigenvalue weighted by molar-refractivity contribution is -0.144. The Balaban J connectivity index is 2.21. The van der Waals surface area contributed by atoms with E-state index < -0.39 is 0 Å². The third kappa shape index (κ3) is 1.56. The Morgan fingerprint density at radius 3 is 2.61 bits per heavy atom. The standard InChI is InChI=1S/C15H13NO2/c1-9(17)18-15-13-5-3-2-4-11(13)12-7-6-10(16)8-14(12)15/h2-8,15H,16H2,1H3/t15-/m1/s1. The number of rotatable bonds is 1. The van der Waals surface area contributed by atoms with Crippen molar-refractivity contribution < 1.29 is 9.53 Å². The van der Waals surface area contributed by atoms with Crippen LogP contribution in [-0.4, -0.2) is 5.97 Å². The minimum absolute atomic E-state index is 0.287. The molecule has 0 amide bonds. The molecule has 0 fully saturated rings. The molecule has 1 aliphatic rings. The van der Waals surface area contributed by atoms with Crippen LogP contribution in [0.1, 0.15) is 24.2 Å². The van der Waals surface area contributed by atoms with Crippen LogP contribution in [-0.2, 0) is 9.53 Å². The number of nitrogens with two attached hydrogens (primary N) is 1. The first kappa shape index (κ1) is 10.8. The van der Waals surface area contributed by atoms with Gasteiger partial charge in [0.1, 0.15) is 0 Å². The van der Waals surface area contributed by atoms with Gasteiger partial charge in [0.25, 0.3) is 0 Å². The molecule has 0 unspecified atom stereocenters. The summed E-state index contributed by atoms with van der Waals surface area (Å²) in [6.07, 6.45) is -0.336. The molecule has 3 heteroatoms. The zero-order valence-corrected chi connectivity index (χ0v) is 10.0. The highest BCUT2D eigenvalue weighted by Crippen LogP contribution is 2.45. The van der Waals surface area contributed by atoms with Crippen molar-refractivity contribution in [1.29, 1.82) is 0 Å². The van der Waals surface area contributed by atoms with Gasteiger partial charge in [0.15, 0.2) is 6.10 Å². The van der Waals surface area contributed by atoms with Crippen molar-refractivity contribution in [1.82, 2.24) is 0 Å². The second-order valence-electron chi connectivity index (χ2n) is 4.42. The average molecular weight is 239 g/mol. The summed E-state index contributed by atoms with van der Waals surface area (Å²) in [7, 11) is 0. The summed E-state index contributed by atoms with van der Waals surface area (Å²) in [5.41, 5.74) is 10.7. The number of carbonyl (C=O) groups excluding carboxylic acids is 1. The van der Waals surface area contributed by atoms with Gasteiger partial charge >= 0.3 is 5.97 Å². The number of fused-ring (bicyclic) bond motifs is 3. The summed E-state index contributed by atoms with van der Waals surface area (Å²) in [4.78, 5) is 11.3. The second-order valence-corrected chi connectivity index (χ2v) is 4.42. The van der Waals surface area contributed by atoms with E-state index in [0.717, 1.165) is 22.3 Å². The van der Waals surface area contributed by atoms with Crippen molar-refractivity contribution in [3.8, 4) is 11.1 Å². The normalized spacial score (nSPS) is 15.9. The number of anilines is 1. The largest absolute Gasteiger partial charge is 0.453 e. The molecular weight excluding hydrogens is 226 g/mol. The molecule has 90 valence electrons. The van der Waals surface area contributed by atoms with Gasteiger partial charge in [-0.3, -0.25) is 4.79 Å². The van der Waals surface area contributed by atoms with Gasteiger partial charge in [-0.2, -0.15) is 0 Å². The maximum Gasteiger partial charge on any atom is 0.303 e. The highest BCUT2D eigenvalue weighted by molar-refractivity contribution is 5.81. The molecule has 3 rings (SSSR count). The number of carbonyl (C=O) groups is 1. The van der Waals surface area contributed by atoms with Crippen LogP contribution in [0.5, 0.6) is 0 Å². The summed E-state index contributed by atoms with van der Waals surface area (Å²) < 4.78 is 5.42. The van der Waals surface area contributed by atoms with Gasteiger partial charge < -0.3 is 10.5 Å². The highest BCUT2D eigenvalue weighted by atomic mass is 16.5. The number of ether oxygens (including phenoxy) is 1. The first-order chi connectivity index (χ1) is 8.66. The Morgan fingerprint density at radius 2 is 1.83 bits per heavy atom. The van der Waals surface area contributed by atoms with Crippen LogP contribution in [0.15, 0.2) is 42.5 Å². The minimum atomic E-state index is -0.336. The van der Waals surface area contributed by atoms with Crippen LogP contribution in [0.2, 0.25) is 0 Å². The smallest absolute Gasteiger partial charge is 0.303 e. The maximum absolute atomic E-state index is 11.3. The topological polar surface area (TPSA) is 52.3 Å². The van der Waals surface area contributed by atoms with Gasteiger partial charge in [-0.25, -0.2) is 0 Å². The Labute approximate surface area is 105 Å². The Hall–Kier alpha value is -2.29. The van der Waals surface area contributed by atoms with Crippen molar-refractivity contribution >= 4 is 11.7 Å². The number of hydrogen-bond acceptors (Lipinski definition) is 3. The van der Waals surface area contributed by atoms with E-state index in [1.807, 2.05) is 42.5 Å². The Morgan fingerprint density at radius 1 is 1.11 bits per heavy atom. The molecular formula is C15H13NO2. The van der Waals surface area contributed by atoms with Crippen molar-refractivity contribution in [3.05, 3.63) is 53.6 Å². The van der Waals surface area contributed by atoms with Gasteiger partial charge in [0.2, 0.25) is 0 Å². The van der Waals surface area contributed by atoms with Crippen molar-refractivity contribution in [2.24, 2.45) is 0 Å². The summed E-state index contributed by atoms with van der Waals surface area (Å²) >= 11 is 0. The van der Waals surface area contributed by atoms with E-state index in [-0.39, 0.29) is 12.1 Å². The monoisotopic (exact) mass is 239 g/mol. The molecule has 2 aromatic carbocycles. The molecule has 0 heterocycles. The molecule has 0 saturated heterocycles. The zero-order valence-electron chi connectivity index (χ0n) is 10.0. The Bertz CT molecular complexity index is 634. The lowest BCUT2D eigenvalue weighted by Gasteiger charge is -2.13. The Kier molecular flexibility index (Phi) is 2.33. The predicted octanol–water partition coefficient (Wildman–Crippen LogP) is 2.90. The van der Waals surface area contributed by atoms with Crippen LogP contribution in [0.3, 0.4) is 0 Å². The number of nitrogen functional groups attached to an aromatic ring is 1. The van der Waals surface area contributed by atoms with Crippen LogP contribution < -0.4 is 5.73 Å². The van der Waals surface area contributed by atoms with Crippen molar-refractivity contribution in [2.75, 3.05) is 5.73 Å². The maximum atomic E-state index is 11.3. The second kappa shape index (κ2) is 3.88. The number of benzene rings is 2. The first-order valence-corrected chi connectivity index (χ1v) is 5.83. The zero-order chi connectivity index (χ0) is 12.7. The molecule has 0 aliphatic heterocycles. The quantitative estimate of drug-likeness (QED) is 0.615. The van der Waals surface area contributed by atoms with E-state index in [1.54, 1.807) is 0 Å². The van der Waals surface area contributed by atoms with E-state index in [9.17, 15) is 4.79 Å². The van der Waals surface area contributed by atoms with Gasteiger partial charge in [-0.05, 0) is 23.3 Å². The molecule has 0 spiro atoms. The fourth-order valence-electron chi connectivity index (χ4n) is 2.47. The molecule has 0 radical (unpaired) electrons. The average Bonchev–Trinajstić information content (AvgIpc) is 2.63. The molecule has 2 N–H and O–H groups in total. The van der Waals surface area contributed by atoms with Gasteiger partial charge in [0.05, 0.1) is 0 Å². The molecule has 2 aromatic rings. The summed E-state index contributed by atoms with van der Waals surface area (Å²) in [6.45, 7) is 1.42. The van der Waals surface area contributed by atoms with Crippen LogP contribution in [0, 0.1) is 0 Å². The van der Waals surface area contributed by atoms with Gasteiger partial charge in [-0.15, -0.1) is 0 Å². The molecule has 1 atom stereocenters. The number of hydrogen-bond donors (Lipinski definition) is 1. The van der Waals surface area contributed by atoms with E-state index in [2.05, 4.69) is 0 Å². The summed E-state index contributed by atoms with van der Waals surface area (Å²) in [5, 5.41) is 0. The third-order valence-electron chi connectivity index (χ3n) is 3.18. The molecule has 0 aromatic heterocycles. The van der Waals surface area contributed by atoms with E-state index in [1.165, 1.54) is 6.92 Å². The molecule has 0 bridgehead atoms. The number of esters is 1. The van der Waals surface area contributed by atoms with Gasteiger partial charge in [-0.1, -0.05) is 30.3 Å². The fraction of sp³-hybridized carbons (Fsp3) is 0.133. The molecule has 0 saturated carbocycles. The van der Waals surface area contributed by atoms with E-state index >= 15 is 0 Å². The molecule has 3 nitrogen and oxygen atoms in total. The predicted molar refractivity (Wildman–Crippen MR) is 69.9 cm³/mol. The lowest BCUT2D eigenvalue weighted by atomic mass is 10.1. The summed E-state index contributed by atoms with van der Waals surface area (Å²) in [6, 6.07) is 13.7. The highest BCUT2D eigenvalue weighted by Gasteiger charge is 2.30. The fourth-order valence-corrected chi connectivity index (χ4v) is 2.47. The molecule has 1 aliphatic carbocycles.